The second kappa shape index (κ2) is 2.92. The maximum atomic E-state index is 11.6. The number of fused-ring (bicyclic) bond motifs is 2. The number of aromatic nitrogens is 1. The lowest BCUT2D eigenvalue weighted by Gasteiger charge is -2.74. The first-order chi connectivity index (χ1) is 8.55. The van der Waals surface area contributed by atoms with Gasteiger partial charge in [0.15, 0.2) is 0 Å². The molecule has 18 heavy (non-hydrogen) atoms. The smallest absolute Gasteiger partial charge is 0.248 e. The first kappa shape index (κ1) is 10.8. The highest BCUT2D eigenvalue weighted by Crippen LogP contribution is 2.79. The van der Waals surface area contributed by atoms with Gasteiger partial charge in [0.2, 0.25) is 5.56 Å². The predicted molar refractivity (Wildman–Crippen MR) is 71.8 cm³/mol. The topological polar surface area (TPSA) is 32.9 Å². The zero-order valence-corrected chi connectivity index (χ0v) is 11.4. The summed E-state index contributed by atoms with van der Waals surface area (Å²) >= 11 is 0. The Kier molecular flexibility index (Phi) is 1.76. The van der Waals surface area contributed by atoms with Crippen LogP contribution in [0.15, 0.2) is 16.9 Å². The van der Waals surface area contributed by atoms with Crippen LogP contribution in [0.5, 0.6) is 0 Å². The van der Waals surface area contributed by atoms with Gasteiger partial charge in [-0.2, -0.15) is 0 Å². The lowest BCUT2D eigenvalue weighted by molar-refractivity contribution is -0.0992. The summed E-state index contributed by atoms with van der Waals surface area (Å²) in [7, 11) is 0. The highest BCUT2D eigenvalue weighted by atomic mass is 16.1. The van der Waals surface area contributed by atoms with Gasteiger partial charge >= 0.3 is 0 Å². The fourth-order valence-electron chi connectivity index (χ4n) is 6.04. The van der Waals surface area contributed by atoms with Gasteiger partial charge in [0.05, 0.1) is 0 Å². The van der Waals surface area contributed by atoms with Crippen LogP contribution in [-0.2, 0) is 10.8 Å². The zero-order valence-electron chi connectivity index (χ0n) is 11.4. The Morgan fingerprint density at radius 2 is 2.22 bits per heavy atom. The number of H-pyrrole nitrogens is 1. The van der Waals surface area contributed by atoms with E-state index < -0.39 is 0 Å². The molecule has 0 aromatic carbocycles. The molecule has 3 aliphatic carbocycles. The summed E-state index contributed by atoms with van der Waals surface area (Å²) in [5.74, 6) is 2.44. The van der Waals surface area contributed by atoms with Crippen molar-refractivity contribution in [2.75, 3.05) is 0 Å². The molecule has 2 nitrogen and oxygen atoms in total. The summed E-state index contributed by atoms with van der Waals surface area (Å²) in [4.78, 5) is 14.8. The van der Waals surface area contributed by atoms with E-state index in [1.165, 1.54) is 30.5 Å². The van der Waals surface area contributed by atoms with Gasteiger partial charge in [0, 0.05) is 22.6 Å². The van der Waals surface area contributed by atoms with Gasteiger partial charge in [-0.1, -0.05) is 33.3 Å². The van der Waals surface area contributed by atoms with Crippen LogP contribution in [0.2, 0.25) is 0 Å². The largest absolute Gasteiger partial charge is 0.325 e. The standard InChI is InChI=1S/C16H21NO/c1-4-10-12-7-9(2)8-16(12)14-11(15(10,16)3)5-6-13(18)17-14/h5-6,9-10,12H,4,7-8H2,1-3H3,(H,17,18). The molecule has 0 bridgehead atoms. The number of rotatable bonds is 1. The molecule has 5 unspecified atom stereocenters. The SMILES string of the molecule is CCC1C2CC(C)CC23c2[nH]c(=O)ccc2C13C. The number of aromatic amines is 1. The molecule has 2 saturated carbocycles. The van der Waals surface area contributed by atoms with Gasteiger partial charge in [-0.3, -0.25) is 4.79 Å². The quantitative estimate of drug-likeness (QED) is 0.808. The second-order valence-corrected chi connectivity index (χ2v) is 6.95. The highest BCUT2D eigenvalue weighted by molar-refractivity contribution is 5.58. The summed E-state index contributed by atoms with van der Waals surface area (Å²) in [6, 6.07) is 3.79. The van der Waals surface area contributed by atoms with Crippen molar-refractivity contribution in [3.8, 4) is 0 Å². The Bertz CT molecular complexity index is 589. The molecule has 2 heteroatoms. The van der Waals surface area contributed by atoms with Crippen LogP contribution in [0.25, 0.3) is 0 Å². The highest BCUT2D eigenvalue weighted by Gasteiger charge is 2.78. The van der Waals surface area contributed by atoms with Crippen LogP contribution in [0.1, 0.15) is 51.3 Å². The Hall–Kier alpha value is -1.05. The van der Waals surface area contributed by atoms with Gasteiger partial charge in [-0.15, -0.1) is 0 Å². The lowest BCUT2D eigenvalue weighted by Crippen LogP contribution is -2.74. The van der Waals surface area contributed by atoms with E-state index in [1.807, 2.05) is 0 Å². The molecular weight excluding hydrogens is 222 g/mol. The summed E-state index contributed by atoms with van der Waals surface area (Å²) in [6.07, 6.45) is 3.90. The maximum absolute atomic E-state index is 11.6. The monoisotopic (exact) mass is 243 g/mol. The molecule has 1 aromatic rings. The molecule has 1 aromatic heterocycles. The van der Waals surface area contributed by atoms with E-state index in [9.17, 15) is 4.79 Å². The van der Waals surface area contributed by atoms with Crippen molar-refractivity contribution in [1.82, 2.24) is 4.98 Å². The molecule has 0 radical (unpaired) electrons. The third-order valence-electron chi connectivity index (χ3n) is 6.48. The van der Waals surface area contributed by atoms with Gasteiger partial charge in [0.25, 0.3) is 0 Å². The number of nitrogens with one attached hydrogen (secondary N) is 1. The number of hydrogen-bond acceptors (Lipinski definition) is 1. The first-order valence-electron chi connectivity index (χ1n) is 7.30. The number of pyridine rings is 1. The minimum absolute atomic E-state index is 0.0726. The minimum atomic E-state index is 0.0726. The zero-order chi connectivity index (χ0) is 12.7. The molecule has 96 valence electrons. The van der Waals surface area contributed by atoms with Gasteiger partial charge in [-0.25, -0.2) is 0 Å². The molecule has 0 aliphatic heterocycles. The van der Waals surface area contributed by atoms with E-state index in [0.29, 0.717) is 10.8 Å². The molecule has 0 saturated heterocycles. The summed E-state index contributed by atoms with van der Waals surface area (Å²) in [5, 5.41) is 0. The third kappa shape index (κ3) is 0.809. The molecule has 3 aliphatic rings. The van der Waals surface area contributed by atoms with Crippen molar-refractivity contribution < 1.29 is 0 Å². The fraction of sp³-hybridized carbons (Fsp3) is 0.688. The van der Waals surface area contributed by atoms with Crippen molar-refractivity contribution in [1.29, 1.82) is 0 Å². The lowest BCUT2D eigenvalue weighted by atomic mass is 9.29. The third-order valence-corrected chi connectivity index (χ3v) is 6.48. The maximum Gasteiger partial charge on any atom is 0.248 e. The van der Waals surface area contributed by atoms with E-state index in [-0.39, 0.29) is 5.56 Å². The molecule has 5 atom stereocenters. The van der Waals surface area contributed by atoms with Crippen LogP contribution in [-0.4, -0.2) is 4.98 Å². The average Bonchev–Trinajstić information content (AvgIpc) is 2.67. The normalized spacial score (nSPS) is 47.6. The molecular formula is C16H21NO. The van der Waals surface area contributed by atoms with Crippen molar-refractivity contribution in [3.63, 3.8) is 0 Å². The van der Waals surface area contributed by atoms with Gasteiger partial charge in [-0.05, 0) is 36.2 Å². The molecule has 2 fully saturated rings. The Morgan fingerprint density at radius 1 is 1.44 bits per heavy atom. The van der Waals surface area contributed by atoms with Gasteiger partial charge in [0.1, 0.15) is 0 Å². The second-order valence-electron chi connectivity index (χ2n) is 6.95. The van der Waals surface area contributed by atoms with Crippen LogP contribution < -0.4 is 5.56 Å². The van der Waals surface area contributed by atoms with Crippen molar-refractivity contribution in [2.24, 2.45) is 17.8 Å². The Labute approximate surface area is 108 Å². The summed E-state index contributed by atoms with van der Waals surface area (Å²) in [6.45, 7) is 7.14. The van der Waals surface area contributed by atoms with Crippen molar-refractivity contribution in [3.05, 3.63) is 33.7 Å². The van der Waals surface area contributed by atoms with Crippen molar-refractivity contribution in [2.45, 2.75) is 50.9 Å². The average molecular weight is 243 g/mol. The minimum Gasteiger partial charge on any atom is -0.325 e. The Morgan fingerprint density at radius 3 is 2.94 bits per heavy atom. The van der Waals surface area contributed by atoms with E-state index in [2.05, 4.69) is 31.8 Å². The van der Waals surface area contributed by atoms with Crippen molar-refractivity contribution >= 4 is 0 Å². The van der Waals surface area contributed by atoms with Gasteiger partial charge < -0.3 is 4.98 Å². The van der Waals surface area contributed by atoms with E-state index >= 15 is 0 Å². The van der Waals surface area contributed by atoms with E-state index in [4.69, 9.17) is 0 Å². The predicted octanol–water partition coefficient (Wildman–Crippen LogP) is 2.97. The molecule has 0 amide bonds. The number of hydrogen-bond donors (Lipinski definition) is 1. The van der Waals surface area contributed by atoms with Crippen LogP contribution >= 0.6 is 0 Å². The molecule has 1 N–H and O–H groups in total. The fourth-order valence-corrected chi connectivity index (χ4v) is 6.04. The van der Waals surface area contributed by atoms with Crippen LogP contribution in [0.4, 0.5) is 0 Å². The first-order valence-corrected chi connectivity index (χ1v) is 7.30. The Balaban J connectivity index is 1.95. The summed E-state index contributed by atoms with van der Waals surface area (Å²) in [5.41, 5.74) is 3.46. The van der Waals surface area contributed by atoms with Crippen LogP contribution in [0.3, 0.4) is 0 Å². The molecule has 4 rings (SSSR count). The van der Waals surface area contributed by atoms with Crippen LogP contribution in [0, 0.1) is 17.8 Å². The van der Waals surface area contributed by atoms with E-state index in [0.717, 1.165) is 17.8 Å². The summed E-state index contributed by atoms with van der Waals surface area (Å²) < 4.78 is 0. The van der Waals surface area contributed by atoms with E-state index in [1.54, 1.807) is 6.07 Å². The molecule has 1 heterocycles. The molecule has 1 spiro atoms.